The molecule has 0 radical (unpaired) electrons. The van der Waals surface area contributed by atoms with Crippen LogP contribution >= 0.6 is 11.3 Å². The quantitative estimate of drug-likeness (QED) is 0.593. The summed E-state index contributed by atoms with van der Waals surface area (Å²) in [6, 6.07) is 8.65. The number of rotatable bonds is 8. The third-order valence-corrected chi connectivity index (χ3v) is 6.30. The summed E-state index contributed by atoms with van der Waals surface area (Å²) >= 11 is 1.63. The van der Waals surface area contributed by atoms with Gasteiger partial charge in [0.1, 0.15) is 0 Å². The number of likely N-dealkylation sites (tertiary alicyclic amines) is 1. The van der Waals surface area contributed by atoms with E-state index in [4.69, 9.17) is 0 Å². The minimum absolute atomic E-state index is 0.0283. The van der Waals surface area contributed by atoms with Crippen molar-refractivity contribution in [1.82, 2.24) is 24.8 Å². The molecule has 3 aromatic rings. The van der Waals surface area contributed by atoms with Crippen molar-refractivity contribution in [3.05, 3.63) is 70.7 Å². The molecule has 0 spiro atoms. The number of carbonyl (C=O) groups excluding carboxylic acids is 1. The van der Waals surface area contributed by atoms with Crippen LogP contribution in [0, 0.1) is 0 Å². The maximum atomic E-state index is 12.5. The second-order valence-electron chi connectivity index (χ2n) is 7.10. The summed E-state index contributed by atoms with van der Waals surface area (Å²) in [6.45, 7) is 3.56. The van der Waals surface area contributed by atoms with Gasteiger partial charge >= 0.3 is 0 Å². The summed E-state index contributed by atoms with van der Waals surface area (Å²) in [4.78, 5) is 25.2. The van der Waals surface area contributed by atoms with Crippen LogP contribution in [-0.2, 0) is 13.1 Å². The van der Waals surface area contributed by atoms with Crippen LogP contribution < -0.4 is 5.32 Å². The molecule has 1 unspecified atom stereocenters. The highest BCUT2D eigenvalue weighted by Gasteiger charge is 2.27. The van der Waals surface area contributed by atoms with Crippen molar-refractivity contribution >= 4 is 17.2 Å². The molecule has 1 aliphatic heterocycles. The highest BCUT2D eigenvalue weighted by Crippen LogP contribution is 2.36. The minimum atomic E-state index is 0.0283. The van der Waals surface area contributed by atoms with Crippen LogP contribution in [0.1, 0.15) is 45.4 Å². The molecule has 146 valence electrons. The first-order valence-corrected chi connectivity index (χ1v) is 10.6. The average molecular weight is 396 g/mol. The minimum Gasteiger partial charge on any atom is -0.351 e. The molecule has 0 aliphatic carbocycles. The van der Waals surface area contributed by atoms with E-state index in [1.807, 2.05) is 29.2 Å². The number of nitrogens with zero attached hydrogens (tertiary/aromatic N) is 4. The summed E-state index contributed by atoms with van der Waals surface area (Å²) in [5.41, 5.74) is 1.29. The fourth-order valence-corrected chi connectivity index (χ4v) is 4.78. The van der Waals surface area contributed by atoms with Gasteiger partial charge in [0, 0.05) is 55.3 Å². The summed E-state index contributed by atoms with van der Waals surface area (Å²) in [7, 11) is 0. The van der Waals surface area contributed by atoms with Crippen molar-refractivity contribution in [1.29, 1.82) is 0 Å². The summed E-state index contributed by atoms with van der Waals surface area (Å²) in [5.74, 6) is 0.0283. The number of hydrogen-bond donors (Lipinski definition) is 1. The van der Waals surface area contributed by atoms with Gasteiger partial charge in [-0.25, -0.2) is 4.98 Å². The van der Waals surface area contributed by atoms with Crippen LogP contribution in [0.15, 0.2) is 55.4 Å². The predicted octanol–water partition coefficient (Wildman–Crippen LogP) is 3.50. The monoisotopic (exact) mass is 395 g/mol. The number of nitrogens with one attached hydrogen (secondary N) is 1. The van der Waals surface area contributed by atoms with Crippen molar-refractivity contribution < 1.29 is 4.79 Å². The lowest BCUT2D eigenvalue weighted by Crippen LogP contribution is -2.24. The van der Waals surface area contributed by atoms with Crippen LogP contribution in [-0.4, -0.2) is 38.4 Å². The number of imidazole rings is 1. The molecule has 1 amide bonds. The van der Waals surface area contributed by atoms with E-state index >= 15 is 0 Å². The van der Waals surface area contributed by atoms with Gasteiger partial charge < -0.3 is 9.88 Å². The lowest BCUT2D eigenvalue weighted by molar-refractivity contribution is 0.0957. The molecule has 6 nitrogen and oxygen atoms in total. The maximum absolute atomic E-state index is 12.5. The van der Waals surface area contributed by atoms with Crippen molar-refractivity contribution in [3.8, 4) is 0 Å². The number of pyridine rings is 1. The summed E-state index contributed by atoms with van der Waals surface area (Å²) in [6.07, 6.45) is 12.4. The van der Waals surface area contributed by atoms with Gasteiger partial charge in [0.05, 0.1) is 11.2 Å². The second-order valence-corrected chi connectivity index (χ2v) is 8.21. The Balaban J connectivity index is 1.30. The van der Waals surface area contributed by atoms with E-state index in [0.29, 0.717) is 12.6 Å². The summed E-state index contributed by atoms with van der Waals surface area (Å²) < 4.78 is 2.02. The number of amides is 1. The Bertz CT molecular complexity index is 877. The van der Waals surface area contributed by atoms with E-state index in [1.54, 1.807) is 23.9 Å². The number of carbonyl (C=O) groups is 1. The fraction of sp³-hybridized carbons (Fsp3) is 0.381. The van der Waals surface area contributed by atoms with E-state index in [1.165, 1.54) is 16.9 Å². The molecule has 4 heterocycles. The molecule has 28 heavy (non-hydrogen) atoms. The van der Waals surface area contributed by atoms with E-state index in [-0.39, 0.29) is 5.91 Å². The molecular formula is C21H25N5OS. The van der Waals surface area contributed by atoms with Gasteiger partial charge in [0.15, 0.2) is 0 Å². The zero-order valence-electron chi connectivity index (χ0n) is 15.8. The van der Waals surface area contributed by atoms with Crippen LogP contribution in [0.25, 0.3) is 0 Å². The zero-order chi connectivity index (χ0) is 19.2. The van der Waals surface area contributed by atoms with Gasteiger partial charge in [0.2, 0.25) is 0 Å². The van der Waals surface area contributed by atoms with E-state index in [0.717, 1.165) is 37.4 Å². The van der Waals surface area contributed by atoms with Gasteiger partial charge in [-0.05, 0) is 55.6 Å². The third kappa shape index (κ3) is 4.66. The molecule has 1 fully saturated rings. The standard InChI is InChI=1S/C21H25N5OS/c27-21(24-8-2-12-25-14-11-23-16-25)20-5-4-19(28-20)18-3-1-13-26(18)15-17-6-9-22-10-7-17/h4-7,9-11,14,16,18H,1-3,8,12-13,15H2,(H,24,27). The van der Waals surface area contributed by atoms with Crippen LogP contribution in [0.5, 0.6) is 0 Å². The number of aromatic nitrogens is 3. The molecule has 0 saturated carbocycles. The Kier molecular flexibility index (Phi) is 6.14. The normalized spacial score (nSPS) is 17.1. The molecule has 4 rings (SSSR count). The second kappa shape index (κ2) is 9.12. The molecular weight excluding hydrogens is 370 g/mol. The number of aryl methyl sites for hydroxylation is 1. The van der Waals surface area contributed by atoms with Gasteiger partial charge in [-0.3, -0.25) is 14.7 Å². The average Bonchev–Trinajstić information content (AvgIpc) is 3.47. The maximum Gasteiger partial charge on any atom is 0.261 e. The van der Waals surface area contributed by atoms with Crippen molar-refractivity contribution in [2.75, 3.05) is 13.1 Å². The lowest BCUT2D eigenvalue weighted by Gasteiger charge is -2.23. The molecule has 0 aromatic carbocycles. The SMILES string of the molecule is O=C(NCCCn1ccnc1)c1ccc(C2CCCN2Cc2ccncc2)s1. The smallest absolute Gasteiger partial charge is 0.261 e. The van der Waals surface area contributed by atoms with E-state index in [2.05, 4.69) is 38.4 Å². The van der Waals surface area contributed by atoms with Gasteiger partial charge in [-0.1, -0.05) is 0 Å². The molecule has 1 atom stereocenters. The van der Waals surface area contributed by atoms with E-state index < -0.39 is 0 Å². The summed E-state index contributed by atoms with van der Waals surface area (Å²) in [5, 5.41) is 3.03. The molecule has 1 saturated heterocycles. The zero-order valence-corrected chi connectivity index (χ0v) is 16.6. The first-order valence-electron chi connectivity index (χ1n) is 9.76. The van der Waals surface area contributed by atoms with Gasteiger partial charge in [-0.15, -0.1) is 11.3 Å². The molecule has 3 aromatic heterocycles. The lowest BCUT2D eigenvalue weighted by atomic mass is 10.1. The predicted molar refractivity (Wildman–Crippen MR) is 110 cm³/mol. The Morgan fingerprint density at radius 1 is 1.18 bits per heavy atom. The molecule has 1 aliphatic rings. The van der Waals surface area contributed by atoms with Gasteiger partial charge in [0.25, 0.3) is 5.91 Å². The largest absolute Gasteiger partial charge is 0.351 e. The van der Waals surface area contributed by atoms with Crippen molar-refractivity contribution in [2.45, 2.75) is 38.4 Å². The highest BCUT2D eigenvalue weighted by atomic mass is 32.1. The fourth-order valence-electron chi connectivity index (χ4n) is 3.68. The van der Waals surface area contributed by atoms with Crippen molar-refractivity contribution in [3.63, 3.8) is 0 Å². The Morgan fingerprint density at radius 2 is 2.07 bits per heavy atom. The Labute approximate surface area is 169 Å². The molecule has 7 heteroatoms. The van der Waals surface area contributed by atoms with Crippen LogP contribution in [0.3, 0.4) is 0 Å². The molecule has 0 bridgehead atoms. The Morgan fingerprint density at radius 3 is 2.89 bits per heavy atom. The van der Waals surface area contributed by atoms with E-state index in [9.17, 15) is 4.79 Å². The number of thiophene rings is 1. The molecule has 1 N–H and O–H groups in total. The first kappa shape index (κ1) is 18.8. The highest BCUT2D eigenvalue weighted by molar-refractivity contribution is 7.14. The topological polar surface area (TPSA) is 63.1 Å². The number of hydrogen-bond acceptors (Lipinski definition) is 5. The Hall–Kier alpha value is -2.51. The van der Waals surface area contributed by atoms with Crippen molar-refractivity contribution in [2.24, 2.45) is 0 Å². The van der Waals surface area contributed by atoms with Gasteiger partial charge in [-0.2, -0.15) is 0 Å². The van der Waals surface area contributed by atoms with Crippen LogP contribution in [0.2, 0.25) is 0 Å². The van der Waals surface area contributed by atoms with Crippen LogP contribution in [0.4, 0.5) is 0 Å². The first-order chi connectivity index (χ1) is 13.8. The third-order valence-electron chi connectivity index (χ3n) is 5.12.